The van der Waals surface area contributed by atoms with E-state index in [4.69, 9.17) is 15.9 Å². The van der Waals surface area contributed by atoms with E-state index in [0.717, 1.165) is 16.5 Å². The highest BCUT2D eigenvalue weighted by atomic mass is 32.1. The van der Waals surface area contributed by atoms with Crippen molar-refractivity contribution < 1.29 is 23.2 Å². The van der Waals surface area contributed by atoms with Crippen LogP contribution in [-0.4, -0.2) is 22.1 Å². The van der Waals surface area contributed by atoms with Crippen LogP contribution >= 0.6 is 11.5 Å². The summed E-state index contributed by atoms with van der Waals surface area (Å²) in [4.78, 5) is 40.0. The van der Waals surface area contributed by atoms with E-state index in [-0.39, 0.29) is 34.3 Å². The molecule has 5 N–H and O–H groups in total. The first-order valence-electron chi connectivity index (χ1n) is 10.8. The Hall–Kier alpha value is -4.51. The van der Waals surface area contributed by atoms with Gasteiger partial charge < -0.3 is 21.2 Å². The summed E-state index contributed by atoms with van der Waals surface area (Å²) in [7, 11) is 0. The number of nitrogen functional groups attached to an aromatic ring is 1. The van der Waals surface area contributed by atoms with E-state index in [2.05, 4.69) is 9.69 Å². The van der Waals surface area contributed by atoms with Crippen LogP contribution in [0.2, 0.25) is 0 Å². The molecule has 0 saturated heterocycles. The van der Waals surface area contributed by atoms with Crippen molar-refractivity contribution in [2.24, 2.45) is 5.73 Å². The molecule has 4 aromatic rings. The number of anilines is 2. The van der Waals surface area contributed by atoms with E-state index in [1.54, 1.807) is 19.1 Å². The number of hydrogen-bond acceptors (Lipinski definition) is 7. The van der Waals surface area contributed by atoms with Crippen molar-refractivity contribution in [1.82, 2.24) is 9.69 Å². The van der Waals surface area contributed by atoms with Crippen molar-refractivity contribution >= 4 is 40.6 Å². The second kappa shape index (κ2) is 10.4. The number of benzene rings is 2. The van der Waals surface area contributed by atoms with E-state index >= 15 is 0 Å². The average molecular weight is 508 g/mol. The Labute approximate surface area is 209 Å². The van der Waals surface area contributed by atoms with Gasteiger partial charge in [0.25, 0.3) is 17.7 Å². The van der Waals surface area contributed by atoms with Gasteiger partial charge >= 0.3 is 0 Å². The summed E-state index contributed by atoms with van der Waals surface area (Å²) >= 11 is 0.656. The number of furan rings is 1. The minimum Gasteiger partial charge on any atom is -0.464 e. The first-order valence-corrected chi connectivity index (χ1v) is 11.6. The number of aromatic nitrogens is 1. The number of nitrogens with one attached hydrogen (secondary N) is 1. The van der Waals surface area contributed by atoms with Crippen LogP contribution in [-0.2, 0) is 11.3 Å². The molecule has 3 amide bonds. The molecule has 0 fully saturated rings. The van der Waals surface area contributed by atoms with Gasteiger partial charge in [-0.2, -0.15) is 4.37 Å². The molecule has 0 unspecified atom stereocenters. The number of nitrogens with zero attached hydrogens (tertiary/aromatic N) is 2. The molecule has 1 atom stereocenters. The van der Waals surface area contributed by atoms with E-state index in [0.29, 0.717) is 17.3 Å². The van der Waals surface area contributed by atoms with Crippen LogP contribution in [0.15, 0.2) is 71.1 Å². The lowest BCUT2D eigenvalue weighted by atomic mass is 10.1. The Morgan fingerprint density at radius 3 is 2.47 bits per heavy atom. The van der Waals surface area contributed by atoms with Gasteiger partial charge in [0.05, 0.1) is 5.69 Å². The summed E-state index contributed by atoms with van der Waals surface area (Å²) in [5.41, 5.74) is 11.7. The van der Waals surface area contributed by atoms with Gasteiger partial charge in [0.15, 0.2) is 11.7 Å². The minimum absolute atomic E-state index is 0.0716. The smallest absolute Gasteiger partial charge is 0.273 e. The lowest BCUT2D eigenvalue weighted by molar-refractivity contribution is -0.123. The molecule has 2 heterocycles. The Morgan fingerprint density at radius 2 is 1.86 bits per heavy atom. The quantitative estimate of drug-likeness (QED) is 0.333. The van der Waals surface area contributed by atoms with Crippen molar-refractivity contribution in [2.45, 2.75) is 19.5 Å². The molecule has 4 rings (SSSR count). The number of amides is 3. The van der Waals surface area contributed by atoms with Crippen molar-refractivity contribution in [1.29, 1.82) is 0 Å². The van der Waals surface area contributed by atoms with Crippen LogP contribution in [0, 0.1) is 12.7 Å². The number of hydrogen-bond donors (Lipinski definition) is 3. The van der Waals surface area contributed by atoms with Crippen molar-refractivity contribution in [3.63, 3.8) is 0 Å². The topological polar surface area (TPSA) is 145 Å². The second-order valence-electron chi connectivity index (χ2n) is 7.85. The zero-order valence-electron chi connectivity index (χ0n) is 19.1. The van der Waals surface area contributed by atoms with Gasteiger partial charge in [-0.3, -0.25) is 19.3 Å². The van der Waals surface area contributed by atoms with Crippen molar-refractivity contribution in [3.05, 3.63) is 100 Å². The number of carbonyl (C=O) groups excluding carboxylic acids is 3. The Kier molecular flexibility index (Phi) is 7.11. The summed E-state index contributed by atoms with van der Waals surface area (Å²) < 4.78 is 23.9. The van der Waals surface area contributed by atoms with Gasteiger partial charge in [-0.25, -0.2) is 4.39 Å². The summed E-state index contributed by atoms with van der Waals surface area (Å²) in [6.07, 6.45) is 0. The minimum atomic E-state index is -1.34. The predicted octanol–water partition coefficient (Wildman–Crippen LogP) is 3.57. The standard InChI is InChI=1S/C25H22FN5O4S/c1-14-10-11-18(35-14)21(24(33)29-13-15-6-3-2-4-7-15)31(17-9-5-8-16(26)12-17)25(34)22-19(27)20(23(28)32)30-36-22/h2-12,21H,13,27H2,1H3,(H2,28,32)(H,29,33)/t21-/m0/s1. The molecule has 0 aliphatic rings. The largest absolute Gasteiger partial charge is 0.464 e. The van der Waals surface area contributed by atoms with E-state index < -0.39 is 29.6 Å². The highest BCUT2D eigenvalue weighted by Crippen LogP contribution is 2.34. The molecule has 36 heavy (non-hydrogen) atoms. The van der Waals surface area contributed by atoms with E-state index in [1.807, 2.05) is 30.3 Å². The van der Waals surface area contributed by atoms with Crippen molar-refractivity contribution in [2.75, 3.05) is 10.6 Å². The lowest BCUT2D eigenvalue weighted by Crippen LogP contribution is -2.43. The summed E-state index contributed by atoms with van der Waals surface area (Å²) in [5, 5.41) is 2.81. The number of halogens is 1. The SMILES string of the molecule is Cc1ccc([C@@H](C(=O)NCc2ccccc2)N(C(=O)c2snc(C(N)=O)c2N)c2cccc(F)c2)o1. The van der Waals surface area contributed by atoms with E-state index in [1.165, 1.54) is 18.2 Å². The molecular formula is C25H22FN5O4S. The maximum atomic E-state index is 14.3. The third-order valence-electron chi connectivity index (χ3n) is 5.31. The molecule has 11 heteroatoms. The third-order valence-corrected chi connectivity index (χ3v) is 6.16. The molecule has 0 aliphatic carbocycles. The van der Waals surface area contributed by atoms with Gasteiger partial charge in [-0.1, -0.05) is 36.4 Å². The highest BCUT2D eigenvalue weighted by Gasteiger charge is 2.38. The Bertz CT molecular complexity index is 1420. The molecular weight excluding hydrogens is 485 g/mol. The molecule has 2 aromatic heterocycles. The van der Waals surface area contributed by atoms with Crippen molar-refractivity contribution in [3.8, 4) is 0 Å². The fourth-order valence-corrected chi connectivity index (χ4v) is 4.35. The molecule has 0 aliphatic heterocycles. The fraction of sp³-hybridized carbons (Fsp3) is 0.120. The molecule has 9 nitrogen and oxygen atoms in total. The number of rotatable bonds is 8. The molecule has 2 aromatic carbocycles. The summed E-state index contributed by atoms with van der Waals surface area (Å²) in [6, 6.07) is 16.3. The first kappa shape index (κ1) is 24.6. The predicted molar refractivity (Wildman–Crippen MR) is 133 cm³/mol. The maximum absolute atomic E-state index is 14.3. The van der Waals surface area contributed by atoms with E-state index in [9.17, 15) is 18.8 Å². The van der Waals surface area contributed by atoms with Gasteiger partial charge in [-0.05, 0) is 54.4 Å². The summed E-state index contributed by atoms with van der Waals surface area (Å²) in [5.74, 6) is -2.24. The van der Waals surface area contributed by atoms with Crippen LogP contribution < -0.4 is 21.7 Å². The monoisotopic (exact) mass is 507 g/mol. The van der Waals surface area contributed by atoms with Crippen LogP contribution in [0.25, 0.3) is 0 Å². The lowest BCUT2D eigenvalue weighted by Gasteiger charge is -2.29. The Balaban J connectivity index is 1.81. The average Bonchev–Trinajstić information content (AvgIpc) is 3.46. The highest BCUT2D eigenvalue weighted by molar-refractivity contribution is 7.09. The zero-order chi connectivity index (χ0) is 25.8. The van der Waals surface area contributed by atoms with Crippen LogP contribution in [0.3, 0.4) is 0 Å². The first-order chi connectivity index (χ1) is 17.3. The van der Waals surface area contributed by atoms with Gasteiger partial charge in [0.2, 0.25) is 0 Å². The van der Waals surface area contributed by atoms with Gasteiger partial charge in [0.1, 0.15) is 22.2 Å². The molecule has 0 spiro atoms. The summed E-state index contributed by atoms with van der Waals surface area (Å²) in [6.45, 7) is 1.87. The van der Waals surface area contributed by atoms with Crippen LogP contribution in [0.1, 0.15) is 43.3 Å². The zero-order valence-corrected chi connectivity index (χ0v) is 19.9. The number of carbonyl (C=O) groups is 3. The number of aryl methyl sites for hydroxylation is 1. The normalized spacial score (nSPS) is 11.6. The molecule has 0 bridgehead atoms. The van der Waals surface area contributed by atoms with Gasteiger partial charge in [-0.15, -0.1) is 0 Å². The molecule has 184 valence electrons. The van der Waals surface area contributed by atoms with Crippen LogP contribution in [0.5, 0.6) is 0 Å². The Morgan fingerprint density at radius 1 is 1.11 bits per heavy atom. The molecule has 0 radical (unpaired) electrons. The fourth-order valence-electron chi connectivity index (χ4n) is 3.60. The van der Waals surface area contributed by atoms with Crippen LogP contribution in [0.4, 0.5) is 15.8 Å². The number of primary amides is 1. The second-order valence-corrected chi connectivity index (χ2v) is 8.62. The number of nitrogens with two attached hydrogens (primary N) is 2. The third kappa shape index (κ3) is 5.10. The van der Waals surface area contributed by atoms with Gasteiger partial charge in [0, 0.05) is 12.2 Å². The maximum Gasteiger partial charge on any atom is 0.273 e. The molecule has 0 saturated carbocycles.